The van der Waals surface area contributed by atoms with E-state index in [1.165, 1.54) is 0 Å². The van der Waals surface area contributed by atoms with Gasteiger partial charge < -0.3 is 19.9 Å². The molecule has 0 unspecified atom stereocenters. The Hall–Kier alpha value is -1.75. The molecule has 0 radical (unpaired) electrons. The molecule has 2 amide bonds. The third-order valence-corrected chi connectivity index (χ3v) is 3.87. The number of aryl methyl sites for hydroxylation is 1. The molecule has 1 aromatic carbocycles. The van der Waals surface area contributed by atoms with Gasteiger partial charge in [0.05, 0.1) is 12.8 Å². The predicted octanol–water partition coefficient (Wildman–Crippen LogP) is 2.17. The SMILES string of the molecule is COc1cccc(C)c1NC(=O)N1CC[C@H](N(C)C)C1. The maximum absolute atomic E-state index is 12.3. The molecule has 1 aliphatic rings. The summed E-state index contributed by atoms with van der Waals surface area (Å²) in [7, 11) is 5.72. The monoisotopic (exact) mass is 277 g/mol. The minimum Gasteiger partial charge on any atom is -0.495 e. The van der Waals surface area contributed by atoms with Gasteiger partial charge in [-0.25, -0.2) is 4.79 Å². The first-order valence-electron chi connectivity index (χ1n) is 6.89. The lowest BCUT2D eigenvalue weighted by Gasteiger charge is -2.21. The minimum atomic E-state index is -0.0537. The Balaban J connectivity index is 2.06. The van der Waals surface area contributed by atoms with Gasteiger partial charge in [0, 0.05) is 19.1 Å². The summed E-state index contributed by atoms with van der Waals surface area (Å²) < 4.78 is 5.31. The zero-order valence-corrected chi connectivity index (χ0v) is 12.6. The van der Waals surface area contributed by atoms with Crippen molar-refractivity contribution in [3.05, 3.63) is 23.8 Å². The number of anilines is 1. The fourth-order valence-electron chi connectivity index (χ4n) is 2.50. The summed E-state index contributed by atoms with van der Waals surface area (Å²) in [4.78, 5) is 16.4. The quantitative estimate of drug-likeness (QED) is 0.921. The van der Waals surface area contributed by atoms with E-state index < -0.39 is 0 Å². The number of carbonyl (C=O) groups excluding carboxylic acids is 1. The van der Waals surface area contributed by atoms with Crippen molar-refractivity contribution in [2.75, 3.05) is 39.6 Å². The van der Waals surface area contributed by atoms with Crippen molar-refractivity contribution in [1.82, 2.24) is 9.80 Å². The molecule has 1 N–H and O–H groups in total. The number of likely N-dealkylation sites (tertiary alicyclic amines) is 1. The lowest BCUT2D eigenvalue weighted by Crippen LogP contribution is -2.37. The second-order valence-corrected chi connectivity index (χ2v) is 5.43. The van der Waals surface area contributed by atoms with Gasteiger partial charge in [-0.15, -0.1) is 0 Å². The Labute approximate surface area is 120 Å². The number of hydrogen-bond donors (Lipinski definition) is 1. The molecule has 5 heteroatoms. The Morgan fingerprint density at radius 3 is 2.80 bits per heavy atom. The van der Waals surface area contributed by atoms with Gasteiger partial charge in [0.15, 0.2) is 0 Å². The first-order chi connectivity index (χ1) is 9.52. The zero-order chi connectivity index (χ0) is 14.7. The average Bonchev–Trinajstić information content (AvgIpc) is 2.91. The number of ether oxygens (including phenoxy) is 1. The smallest absolute Gasteiger partial charge is 0.322 e. The van der Waals surface area contributed by atoms with Crippen LogP contribution in [0.4, 0.5) is 10.5 Å². The third kappa shape index (κ3) is 3.04. The van der Waals surface area contributed by atoms with Gasteiger partial charge in [0.1, 0.15) is 5.75 Å². The Morgan fingerprint density at radius 1 is 1.45 bits per heavy atom. The lowest BCUT2D eigenvalue weighted by atomic mass is 10.2. The maximum atomic E-state index is 12.3. The normalized spacial score (nSPS) is 18.4. The number of urea groups is 1. The third-order valence-electron chi connectivity index (χ3n) is 3.87. The molecule has 1 saturated heterocycles. The summed E-state index contributed by atoms with van der Waals surface area (Å²) in [5.41, 5.74) is 1.76. The van der Waals surface area contributed by atoms with Gasteiger partial charge in [-0.1, -0.05) is 12.1 Å². The molecule has 20 heavy (non-hydrogen) atoms. The fraction of sp³-hybridized carbons (Fsp3) is 0.533. The van der Waals surface area contributed by atoms with E-state index in [9.17, 15) is 4.79 Å². The number of para-hydroxylation sites is 1. The number of hydrogen-bond acceptors (Lipinski definition) is 3. The van der Waals surface area contributed by atoms with E-state index in [1.807, 2.05) is 30.0 Å². The average molecular weight is 277 g/mol. The molecule has 1 aliphatic heterocycles. The molecule has 0 saturated carbocycles. The van der Waals surface area contributed by atoms with Crippen LogP contribution in [0.25, 0.3) is 0 Å². The van der Waals surface area contributed by atoms with Gasteiger partial charge >= 0.3 is 6.03 Å². The fourth-order valence-corrected chi connectivity index (χ4v) is 2.50. The van der Waals surface area contributed by atoms with Crippen LogP contribution in [0.2, 0.25) is 0 Å². The Bertz CT molecular complexity index is 488. The highest BCUT2D eigenvalue weighted by Gasteiger charge is 2.28. The molecular weight excluding hydrogens is 254 g/mol. The van der Waals surface area contributed by atoms with Gasteiger partial charge in [0.25, 0.3) is 0 Å². The van der Waals surface area contributed by atoms with Crippen LogP contribution in [-0.4, -0.2) is 56.2 Å². The van der Waals surface area contributed by atoms with Gasteiger partial charge in [-0.2, -0.15) is 0 Å². The van der Waals surface area contributed by atoms with Crippen molar-refractivity contribution in [3.63, 3.8) is 0 Å². The standard InChI is InChI=1S/C15H23N3O2/c1-11-6-5-7-13(20-4)14(11)16-15(19)18-9-8-12(10-18)17(2)3/h5-7,12H,8-10H2,1-4H3,(H,16,19)/t12-/m0/s1. The number of nitrogens with one attached hydrogen (secondary N) is 1. The molecule has 1 heterocycles. The molecule has 2 rings (SSSR count). The lowest BCUT2D eigenvalue weighted by molar-refractivity contribution is 0.216. The van der Waals surface area contributed by atoms with Crippen LogP contribution in [0.1, 0.15) is 12.0 Å². The van der Waals surface area contributed by atoms with E-state index in [-0.39, 0.29) is 6.03 Å². The van der Waals surface area contributed by atoms with E-state index in [0.717, 1.165) is 30.8 Å². The zero-order valence-electron chi connectivity index (χ0n) is 12.6. The van der Waals surface area contributed by atoms with Crippen LogP contribution in [0.3, 0.4) is 0 Å². The number of rotatable bonds is 3. The highest BCUT2D eigenvalue weighted by atomic mass is 16.5. The van der Waals surface area contributed by atoms with E-state index in [0.29, 0.717) is 11.8 Å². The summed E-state index contributed by atoms with van der Waals surface area (Å²) in [6.07, 6.45) is 1.02. The summed E-state index contributed by atoms with van der Waals surface area (Å²) >= 11 is 0. The molecule has 0 aliphatic carbocycles. The second-order valence-electron chi connectivity index (χ2n) is 5.43. The van der Waals surface area contributed by atoms with Crippen LogP contribution in [-0.2, 0) is 0 Å². The van der Waals surface area contributed by atoms with E-state index in [1.54, 1.807) is 7.11 Å². The Morgan fingerprint density at radius 2 is 2.20 bits per heavy atom. The van der Waals surface area contributed by atoms with Crippen LogP contribution in [0, 0.1) is 6.92 Å². The summed E-state index contributed by atoms with van der Waals surface area (Å²) in [5, 5.41) is 2.97. The van der Waals surface area contributed by atoms with Gasteiger partial charge in [0.2, 0.25) is 0 Å². The van der Waals surface area contributed by atoms with Gasteiger partial charge in [-0.05, 0) is 39.1 Å². The summed E-state index contributed by atoms with van der Waals surface area (Å²) in [6, 6.07) is 6.13. The highest BCUT2D eigenvalue weighted by molar-refractivity contribution is 5.92. The first-order valence-corrected chi connectivity index (χ1v) is 6.89. The van der Waals surface area contributed by atoms with E-state index in [4.69, 9.17) is 4.74 Å². The van der Waals surface area contributed by atoms with Crippen LogP contribution in [0.5, 0.6) is 5.75 Å². The number of nitrogens with zero attached hydrogens (tertiary/aromatic N) is 2. The van der Waals surface area contributed by atoms with Crippen molar-refractivity contribution >= 4 is 11.7 Å². The molecule has 0 aromatic heterocycles. The molecule has 5 nitrogen and oxygen atoms in total. The summed E-state index contributed by atoms with van der Waals surface area (Å²) in [6.45, 7) is 3.53. The number of likely N-dealkylation sites (N-methyl/N-ethyl adjacent to an activating group) is 1. The highest BCUT2D eigenvalue weighted by Crippen LogP contribution is 2.28. The van der Waals surface area contributed by atoms with Crippen molar-refractivity contribution in [2.24, 2.45) is 0 Å². The van der Waals surface area contributed by atoms with Crippen molar-refractivity contribution in [2.45, 2.75) is 19.4 Å². The molecule has 0 spiro atoms. The number of benzene rings is 1. The van der Waals surface area contributed by atoms with Crippen LogP contribution < -0.4 is 10.1 Å². The van der Waals surface area contributed by atoms with Crippen LogP contribution >= 0.6 is 0 Å². The van der Waals surface area contributed by atoms with Crippen molar-refractivity contribution in [3.8, 4) is 5.75 Å². The topological polar surface area (TPSA) is 44.8 Å². The molecule has 1 atom stereocenters. The number of amides is 2. The number of carbonyl (C=O) groups is 1. The van der Waals surface area contributed by atoms with Crippen LogP contribution in [0.15, 0.2) is 18.2 Å². The molecule has 110 valence electrons. The minimum absolute atomic E-state index is 0.0537. The maximum Gasteiger partial charge on any atom is 0.322 e. The molecule has 0 bridgehead atoms. The second kappa shape index (κ2) is 6.13. The predicted molar refractivity (Wildman–Crippen MR) is 80.4 cm³/mol. The van der Waals surface area contributed by atoms with Crippen molar-refractivity contribution < 1.29 is 9.53 Å². The van der Waals surface area contributed by atoms with Crippen molar-refractivity contribution in [1.29, 1.82) is 0 Å². The summed E-state index contributed by atoms with van der Waals surface area (Å²) in [5.74, 6) is 0.696. The molecule has 1 aromatic rings. The Kier molecular flexibility index (Phi) is 4.49. The number of methoxy groups -OCH3 is 1. The van der Waals surface area contributed by atoms with Gasteiger partial charge in [-0.3, -0.25) is 0 Å². The molecule has 1 fully saturated rings. The van der Waals surface area contributed by atoms with E-state index in [2.05, 4.69) is 24.3 Å². The molecular formula is C15H23N3O2. The van der Waals surface area contributed by atoms with E-state index >= 15 is 0 Å². The largest absolute Gasteiger partial charge is 0.495 e. The first kappa shape index (κ1) is 14.7.